The fourth-order valence-corrected chi connectivity index (χ4v) is 4.24. The van der Waals surface area contributed by atoms with Gasteiger partial charge in [0.1, 0.15) is 11.6 Å². The number of hydrogen-bond donors (Lipinski definition) is 2. The molecule has 166 valence electrons. The molecule has 0 radical (unpaired) electrons. The van der Waals surface area contributed by atoms with Gasteiger partial charge in [-0.05, 0) is 24.3 Å². The average Bonchev–Trinajstić information content (AvgIpc) is 3.35. The first-order chi connectivity index (χ1) is 16.0. The first-order valence-electron chi connectivity index (χ1n) is 10.0. The summed E-state index contributed by atoms with van der Waals surface area (Å²) in [5, 5.41) is 5.77. The summed E-state index contributed by atoms with van der Waals surface area (Å²) in [5.41, 5.74) is 1.97. The second-order valence-electron chi connectivity index (χ2n) is 7.26. The van der Waals surface area contributed by atoms with Crippen LogP contribution in [-0.4, -0.2) is 40.8 Å². The topological polar surface area (TPSA) is 110 Å². The van der Waals surface area contributed by atoms with Crippen LogP contribution in [0.25, 0.3) is 28.1 Å². The van der Waals surface area contributed by atoms with E-state index >= 15 is 0 Å². The van der Waals surface area contributed by atoms with Crippen LogP contribution >= 0.6 is 11.8 Å². The van der Waals surface area contributed by atoms with E-state index in [2.05, 4.69) is 25.4 Å². The third-order valence-corrected chi connectivity index (χ3v) is 6.03. The fraction of sp³-hybridized carbons (Fsp3) is 0.136. The number of hydrogen-bond acceptors (Lipinski definition) is 6. The van der Waals surface area contributed by atoms with Gasteiger partial charge in [-0.3, -0.25) is 14.7 Å². The Balaban J connectivity index is 1.34. The first kappa shape index (κ1) is 20.9. The molecule has 0 saturated carbocycles. The average molecular weight is 463 g/mol. The SMILES string of the molecule is Cn1c(CNC(=O)CSc2nc(-c3ccccc3F)nc3cc(=O)[nH]n23)nc2ccccc21. The van der Waals surface area contributed by atoms with Crippen LogP contribution in [0.3, 0.4) is 0 Å². The lowest BCUT2D eigenvalue weighted by atomic mass is 10.2. The highest BCUT2D eigenvalue weighted by atomic mass is 32.2. The Hall–Kier alpha value is -3.99. The highest BCUT2D eigenvalue weighted by Gasteiger charge is 2.16. The lowest BCUT2D eigenvalue weighted by molar-refractivity contribution is -0.118. The van der Waals surface area contributed by atoms with E-state index in [-0.39, 0.29) is 40.8 Å². The van der Waals surface area contributed by atoms with Crippen LogP contribution in [-0.2, 0) is 18.4 Å². The summed E-state index contributed by atoms with van der Waals surface area (Å²) in [6.45, 7) is 0.268. The molecule has 9 nitrogen and oxygen atoms in total. The zero-order chi connectivity index (χ0) is 22.9. The molecule has 2 N–H and O–H groups in total. The summed E-state index contributed by atoms with van der Waals surface area (Å²) in [7, 11) is 1.90. The molecule has 3 heterocycles. The molecule has 3 aromatic heterocycles. The number of aromatic nitrogens is 6. The van der Waals surface area contributed by atoms with Crippen molar-refractivity contribution in [1.29, 1.82) is 0 Å². The minimum absolute atomic E-state index is 0.0347. The Kier molecular flexibility index (Phi) is 5.38. The number of rotatable bonds is 6. The van der Waals surface area contributed by atoms with Crippen molar-refractivity contribution in [1.82, 2.24) is 34.4 Å². The van der Waals surface area contributed by atoms with Crippen molar-refractivity contribution in [2.75, 3.05) is 5.75 Å². The third kappa shape index (κ3) is 4.10. The second-order valence-corrected chi connectivity index (χ2v) is 8.21. The Labute approximate surface area is 190 Å². The van der Waals surface area contributed by atoms with Crippen molar-refractivity contribution >= 4 is 34.3 Å². The van der Waals surface area contributed by atoms with Crippen molar-refractivity contribution in [2.24, 2.45) is 7.05 Å². The number of carbonyl (C=O) groups is 1. The number of H-pyrrole nitrogens is 1. The predicted molar refractivity (Wildman–Crippen MR) is 122 cm³/mol. The van der Waals surface area contributed by atoms with Gasteiger partial charge in [0.15, 0.2) is 16.6 Å². The Morgan fingerprint density at radius 3 is 2.73 bits per heavy atom. The van der Waals surface area contributed by atoms with E-state index in [4.69, 9.17) is 0 Å². The molecule has 11 heteroatoms. The number of benzene rings is 2. The molecule has 0 spiro atoms. The molecular formula is C22H18FN7O2S. The first-order valence-corrected chi connectivity index (χ1v) is 11.0. The van der Waals surface area contributed by atoms with Gasteiger partial charge in [0, 0.05) is 13.1 Å². The van der Waals surface area contributed by atoms with E-state index < -0.39 is 5.82 Å². The molecule has 0 atom stereocenters. The fourth-order valence-electron chi connectivity index (χ4n) is 3.46. The van der Waals surface area contributed by atoms with E-state index in [1.54, 1.807) is 18.2 Å². The number of halogens is 1. The molecule has 0 aliphatic heterocycles. The molecule has 0 saturated heterocycles. The number of aryl methyl sites for hydroxylation is 1. The van der Waals surface area contributed by atoms with Crippen molar-refractivity contribution in [3.05, 3.63) is 76.6 Å². The van der Waals surface area contributed by atoms with Crippen molar-refractivity contribution in [3.8, 4) is 11.4 Å². The number of para-hydroxylation sites is 2. The van der Waals surface area contributed by atoms with Crippen LogP contribution in [0.4, 0.5) is 4.39 Å². The highest BCUT2D eigenvalue weighted by molar-refractivity contribution is 7.99. The van der Waals surface area contributed by atoms with E-state index in [0.29, 0.717) is 5.16 Å². The van der Waals surface area contributed by atoms with Crippen LogP contribution in [0, 0.1) is 5.82 Å². The normalized spacial score (nSPS) is 11.3. The Bertz CT molecular complexity index is 1560. The van der Waals surface area contributed by atoms with Gasteiger partial charge in [0.05, 0.1) is 28.9 Å². The number of fused-ring (bicyclic) bond motifs is 2. The van der Waals surface area contributed by atoms with Crippen LogP contribution < -0.4 is 10.9 Å². The number of carbonyl (C=O) groups excluding carboxylic acids is 1. The minimum atomic E-state index is -0.476. The summed E-state index contributed by atoms with van der Waals surface area (Å²) >= 11 is 1.11. The van der Waals surface area contributed by atoms with Gasteiger partial charge in [-0.15, -0.1) is 0 Å². The quantitative estimate of drug-likeness (QED) is 0.375. The standard InChI is InChI=1S/C22H18FN7O2S/c1-29-16-9-5-4-8-15(16)25-18(29)11-24-20(32)12-33-22-27-21(13-6-2-3-7-14(13)23)26-17-10-19(31)28-30(17)22/h2-10H,11-12H2,1H3,(H,24,32)(H,28,31). The maximum atomic E-state index is 14.3. The smallest absolute Gasteiger partial charge is 0.266 e. The third-order valence-electron chi connectivity index (χ3n) is 5.10. The maximum absolute atomic E-state index is 14.3. The van der Waals surface area contributed by atoms with Crippen LogP contribution in [0.15, 0.2) is 64.5 Å². The molecule has 0 unspecified atom stereocenters. The molecule has 33 heavy (non-hydrogen) atoms. The van der Waals surface area contributed by atoms with Gasteiger partial charge in [-0.25, -0.2) is 23.9 Å². The van der Waals surface area contributed by atoms with E-state index in [1.165, 1.54) is 16.6 Å². The van der Waals surface area contributed by atoms with Crippen molar-refractivity contribution in [3.63, 3.8) is 0 Å². The molecule has 1 amide bonds. The number of imidazole rings is 1. The van der Waals surface area contributed by atoms with Crippen LogP contribution in [0.5, 0.6) is 0 Å². The second kappa shape index (κ2) is 8.51. The number of nitrogens with zero attached hydrogens (tertiary/aromatic N) is 5. The molecule has 0 fully saturated rings. The summed E-state index contributed by atoms with van der Waals surface area (Å²) in [4.78, 5) is 37.6. The van der Waals surface area contributed by atoms with Gasteiger partial charge in [0.25, 0.3) is 5.56 Å². The molecule has 0 aliphatic rings. The van der Waals surface area contributed by atoms with E-state index in [9.17, 15) is 14.0 Å². The molecule has 5 aromatic rings. The molecule has 0 aliphatic carbocycles. The summed E-state index contributed by atoms with van der Waals surface area (Å²) in [6.07, 6.45) is 0. The van der Waals surface area contributed by atoms with Gasteiger partial charge in [-0.2, -0.15) is 0 Å². The molecule has 5 rings (SSSR count). The van der Waals surface area contributed by atoms with Crippen molar-refractivity contribution in [2.45, 2.75) is 11.7 Å². The number of thioether (sulfide) groups is 1. The molecule has 0 bridgehead atoms. The van der Waals surface area contributed by atoms with Crippen LogP contribution in [0.1, 0.15) is 5.82 Å². The lowest BCUT2D eigenvalue weighted by Crippen LogP contribution is -2.26. The molecular weight excluding hydrogens is 445 g/mol. The lowest BCUT2D eigenvalue weighted by Gasteiger charge is -2.08. The van der Waals surface area contributed by atoms with Gasteiger partial charge >= 0.3 is 0 Å². The van der Waals surface area contributed by atoms with Gasteiger partial charge in [-0.1, -0.05) is 36.0 Å². The highest BCUT2D eigenvalue weighted by Crippen LogP contribution is 2.23. The zero-order valence-electron chi connectivity index (χ0n) is 17.4. The van der Waals surface area contributed by atoms with E-state index in [0.717, 1.165) is 28.6 Å². The summed E-state index contributed by atoms with van der Waals surface area (Å²) < 4.78 is 17.6. The number of amides is 1. The van der Waals surface area contributed by atoms with Gasteiger partial charge < -0.3 is 9.88 Å². The minimum Gasteiger partial charge on any atom is -0.348 e. The maximum Gasteiger partial charge on any atom is 0.266 e. The van der Waals surface area contributed by atoms with Crippen molar-refractivity contribution < 1.29 is 9.18 Å². The molecule has 2 aromatic carbocycles. The number of nitrogens with one attached hydrogen (secondary N) is 2. The predicted octanol–water partition coefficient (Wildman–Crippen LogP) is 2.52. The largest absolute Gasteiger partial charge is 0.348 e. The van der Waals surface area contributed by atoms with Crippen LogP contribution in [0.2, 0.25) is 0 Å². The zero-order valence-corrected chi connectivity index (χ0v) is 18.3. The van der Waals surface area contributed by atoms with E-state index in [1.807, 2.05) is 35.9 Å². The Morgan fingerprint density at radius 1 is 1.12 bits per heavy atom. The summed E-state index contributed by atoms with van der Waals surface area (Å²) in [6, 6.07) is 15.2. The Morgan fingerprint density at radius 2 is 1.91 bits per heavy atom. The monoisotopic (exact) mass is 463 g/mol. The summed E-state index contributed by atoms with van der Waals surface area (Å²) in [5.74, 6) is 0.189. The number of aromatic amines is 1. The van der Waals surface area contributed by atoms with Gasteiger partial charge in [0.2, 0.25) is 5.91 Å².